The summed E-state index contributed by atoms with van der Waals surface area (Å²) in [5, 5.41) is 12.3. The highest BCUT2D eigenvalue weighted by Gasteiger charge is 2.30. The number of halogens is 1. The number of benzene rings is 2. The zero-order chi connectivity index (χ0) is 26.5. The number of aryl methyl sites for hydroxylation is 2. The largest absolute Gasteiger partial charge is 0.444 e. The number of piperazine rings is 1. The molecule has 0 aromatic heterocycles. The van der Waals surface area contributed by atoms with E-state index in [0.717, 1.165) is 21.3 Å². The van der Waals surface area contributed by atoms with Crippen molar-refractivity contribution in [2.75, 3.05) is 31.1 Å². The number of nitriles is 1. The molecule has 2 amide bonds. The van der Waals surface area contributed by atoms with E-state index >= 15 is 0 Å². The minimum Gasteiger partial charge on any atom is -0.444 e. The highest BCUT2D eigenvalue weighted by molar-refractivity contribution is 9.10. The van der Waals surface area contributed by atoms with Crippen LogP contribution in [0.5, 0.6) is 0 Å². The predicted molar refractivity (Wildman–Crippen MR) is 145 cm³/mol. The number of nitrogens with one attached hydrogen (secondary N) is 1. The number of ether oxygens (including phenoxy) is 1. The fraction of sp³-hybridized carbons (Fsp3) is 0.464. The van der Waals surface area contributed by atoms with Gasteiger partial charge in [-0.2, -0.15) is 5.26 Å². The molecule has 1 N–H and O–H groups in total. The molecular weight excluding hydrogens is 520 g/mol. The maximum atomic E-state index is 13.7. The van der Waals surface area contributed by atoms with Gasteiger partial charge in [0.1, 0.15) is 11.7 Å². The summed E-state index contributed by atoms with van der Waals surface area (Å²) in [6.45, 7) is 11.9. The fourth-order valence-corrected chi connectivity index (χ4v) is 4.75. The maximum absolute atomic E-state index is 13.7. The molecule has 7 nitrogen and oxygen atoms in total. The van der Waals surface area contributed by atoms with Crippen LogP contribution in [0.2, 0.25) is 0 Å². The lowest BCUT2D eigenvalue weighted by atomic mass is 9.98. The topological polar surface area (TPSA) is 85.7 Å². The Bertz CT molecular complexity index is 1150. The summed E-state index contributed by atoms with van der Waals surface area (Å²) < 4.78 is 6.19. The number of rotatable bonds is 6. The molecule has 1 fully saturated rings. The molecule has 1 atom stereocenters. The van der Waals surface area contributed by atoms with E-state index in [1.54, 1.807) is 0 Å². The average Bonchev–Trinajstić information content (AvgIpc) is 2.82. The molecule has 0 radical (unpaired) electrons. The number of hydrogen-bond donors (Lipinski definition) is 1. The molecule has 1 saturated heterocycles. The van der Waals surface area contributed by atoms with E-state index in [1.165, 1.54) is 0 Å². The number of carbonyl (C=O) groups is 2. The van der Waals surface area contributed by atoms with Crippen molar-refractivity contribution in [2.24, 2.45) is 0 Å². The smallest absolute Gasteiger partial charge is 0.407 e. The van der Waals surface area contributed by atoms with E-state index in [9.17, 15) is 14.9 Å². The Kier molecular flexibility index (Phi) is 9.02. The number of alkyl carbamates (subject to hydrolysis) is 1. The standard InChI is InChI=1S/C28H35BrN4O3/c1-19-15-21(10-8-12-31-27(35)36-28(3,4)5)23(16-24(19)29)26(34)33-14-13-32(18-20(33)2)25-11-7-6-9-22(25)17-30/h6-7,9,11,15-16,20H,8,10,12-14,18H2,1-5H3,(H,31,35)/t20-/m1/s1. The number of carbonyl (C=O) groups excluding carboxylic acids is 2. The first-order valence-corrected chi connectivity index (χ1v) is 13.1. The first kappa shape index (κ1) is 27.5. The molecule has 1 aliphatic heterocycles. The summed E-state index contributed by atoms with van der Waals surface area (Å²) in [6.07, 6.45) is 0.916. The number of nitrogens with zero attached hydrogens (tertiary/aromatic N) is 3. The molecule has 192 valence electrons. The van der Waals surface area contributed by atoms with Gasteiger partial charge in [0.15, 0.2) is 0 Å². The van der Waals surface area contributed by atoms with Crippen LogP contribution in [0.1, 0.15) is 61.2 Å². The number of anilines is 1. The van der Waals surface area contributed by atoms with Crippen LogP contribution in [0.4, 0.5) is 10.5 Å². The van der Waals surface area contributed by atoms with E-state index in [-0.39, 0.29) is 11.9 Å². The van der Waals surface area contributed by atoms with E-state index in [0.29, 0.717) is 50.1 Å². The van der Waals surface area contributed by atoms with Gasteiger partial charge in [-0.1, -0.05) is 34.1 Å². The summed E-state index contributed by atoms with van der Waals surface area (Å²) in [4.78, 5) is 29.7. The molecule has 1 aliphatic rings. The molecule has 1 heterocycles. The molecular formula is C28H35BrN4O3. The van der Waals surface area contributed by atoms with E-state index < -0.39 is 11.7 Å². The second-order valence-corrected chi connectivity index (χ2v) is 11.1. The van der Waals surface area contributed by atoms with Gasteiger partial charge >= 0.3 is 6.09 Å². The van der Waals surface area contributed by atoms with Crippen molar-refractivity contribution in [3.8, 4) is 6.07 Å². The van der Waals surface area contributed by atoms with Gasteiger partial charge in [0, 0.05) is 42.3 Å². The van der Waals surface area contributed by atoms with Crippen molar-refractivity contribution in [1.29, 1.82) is 5.26 Å². The van der Waals surface area contributed by atoms with Crippen molar-refractivity contribution < 1.29 is 14.3 Å². The van der Waals surface area contributed by atoms with Gasteiger partial charge in [0.05, 0.1) is 11.3 Å². The van der Waals surface area contributed by atoms with Crippen LogP contribution in [0.25, 0.3) is 0 Å². The second-order valence-electron chi connectivity index (χ2n) is 10.2. The molecule has 3 rings (SSSR count). The third kappa shape index (κ3) is 7.01. The SMILES string of the molecule is Cc1cc(CCCNC(=O)OC(C)(C)C)c(C(=O)N2CCN(c3ccccc3C#N)C[C@H]2C)cc1Br. The monoisotopic (exact) mass is 554 g/mol. The summed E-state index contributed by atoms with van der Waals surface area (Å²) in [5.74, 6) is 0.00604. The highest BCUT2D eigenvalue weighted by Crippen LogP contribution is 2.27. The molecule has 0 saturated carbocycles. The predicted octanol–water partition coefficient (Wildman–Crippen LogP) is 5.44. The molecule has 0 spiro atoms. The highest BCUT2D eigenvalue weighted by atomic mass is 79.9. The summed E-state index contributed by atoms with van der Waals surface area (Å²) in [6, 6.07) is 13.8. The van der Waals surface area contributed by atoms with Gasteiger partial charge in [0.25, 0.3) is 5.91 Å². The van der Waals surface area contributed by atoms with Gasteiger partial charge in [-0.3, -0.25) is 4.79 Å². The quantitative estimate of drug-likeness (QED) is 0.480. The maximum Gasteiger partial charge on any atom is 0.407 e. The second kappa shape index (κ2) is 11.8. The van der Waals surface area contributed by atoms with Crippen molar-refractivity contribution in [2.45, 2.75) is 59.1 Å². The van der Waals surface area contributed by atoms with Gasteiger partial charge in [-0.25, -0.2) is 4.79 Å². The Morgan fingerprint density at radius 1 is 1.22 bits per heavy atom. The van der Waals surface area contributed by atoms with Crippen LogP contribution < -0.4 is 10.2 Å². The van der Waals surface area contributed by atoms with Crippen LogP contribution in [-0.4, -0.2) is 54.7 Å². The van der Waals surface area contributed by atoms with E-state index in [2.05, 4.69) is 38.3 Å². The number of amides is 2. The van der Waals surface area contributed by atoms with Gasteiger partial charge in [-0.15, -0.1) is 0 Å². The molecule has 2 aromatic rings. The Labute approximate surface area is 222 Å². The third-order valence-electron chi connectivity index (χ3n) is 6.16. The fourth-order valence-electron chi connectivity index (χ4n) is 4.41. The van der Waals surface area contributed by atoms with Crippen LogP contribution in [0, 0.1) is 18.3 Å². The summed E-state index contributed by atoms with van der Waals surface area (Å²) >= 11 is 3.59. The Morgan fingerprint density at radius 3 is 2.61 bits per heavy atom. The molecule has 0 bridgehead atoms. The summed E-state index contributed by atoms with van der Waals surface area (Å²) in [5.41, 5.74) is 3.74. The molecule has 0 unspecified atom stereocenters. The lowest BCUT2D eigenvalue weighted by Crippen LogP contribution is -2.54. The van der Waals surface area contributed by atoms with Crippen molar-refractivity contribution in [1.82, 2.24) is 10.2 Å². The number of hydrogen-bond acceptors (Lipinski definition) is 5. The number of para-hydroxylation sites is 1. The summed E-state index contributed by atoms with van der Waals surface area (Å²) in [7, 11) is 0. The molecule has 36 heavy (non-hydrogen) atoms. The zero-order valence-electron chi connectivity index (χ0n) is 21.7. The van der Waals surface area contributed by atoms with Gasteiger partial charge in [-0.05, 0) is 76.8 Å². The lowest BCUT2D eigenvalue weighted by molar-refractivity contribution is 0.0526. The zero-order valence-corrected chi connectivity index (χ0v) is 23.3. The van der Waals surface area contributed by atoms with Crippen molar-refractivity contribution >= 4 is 33.6 Å². The third-order valence-corrected chi connectivity index (χ3v) is 7.01. The normalized spacial score (nSPS) is 15.9. The first-order chi connectivity index (χ1) is 17.0. The van der Waals surface area contributed by atoms with Crippen LogP contribution in [0.15, 0.2) is 40.9 Å². The van der Waals surface area contributed by atoms with E-state index in [4.69, 9.17) is 4.74 Å². The van der Waals surface area contributed by atoms with Crippen molar-refractivity contribution in [3.63, 3.8) is 0 Å². The average molecular weight is 556 g/mol. The Balaban J connectivity index is 1.69. The minimum absolute atomic E-state index is 0.00604. The first-order valence-electron chi connectivity index (χ1n) is 12.3. The molecule has 2 aromatic carbocycles. The van der Waals surface area contributed by atoms with Gasteiger partial charge < -0.3 is 19.9 Å². The van der Waals surface area contributed by atoms with E-state index in [1.807, 2.05) is 69.9 Å². The Hall–Kier alpha value is -3.05. The lowest BCUT2D eigenvalue weighted by Gasteiger charge is -2.41. The van der Waals surface area contributed by atoms with Crippen LogP contribution >= 0.6 is 15.9 Å². The van der Waals surface area contributed by atoms with Crippen LogP contribution in [-0.2, 0) is 11.2 Å². The van der Waals surface area contributed by atoms with Crippen molar-refractivity contribution in [3.05, 3.63) is 63.1 Å². The Morgan fingerprint density at radius 2 is 1.94 bits per heavy atom. The molecule has 8 heteroatoms. The van der Waals surface area contributed by atoms with Gasteiger partial charge in [0.2, 0.25) is 0 Å². The molecule has 0 aliphatic carbocycles. The minimum atomic E-state index is -0.538. The van der Waals surface area contributed by atoms with Crippen LogP contribution in [0.3, 0.4) is 0 Å².